The van der Waals surface area contributed by atoms with E-state index in [9.17, 15) is 5.11 Å². The lowest BCUT2D eigenvalue weighted by molar-refractivity contribution is 0.196. The van der Waals surface area contributed by atoms with Crippen molar-refractivity contribution in [3.8, 4) is 0 Å². The Balaban J connectivity index is 2.21. The molecule has 1 aliphatic rings. The first-order valence-electron chi connectivity index (χ1n) is 6.85. The number of piperazine rings is 1. The molecular formula is C15H24N2O. The van der Waals surface area contributed by atoms with E-state index in [0.29, 0.717) is 6.04 Å². The number of para-hydroxylation sites is 1. The molecule has 18 heavy (non-hydrogen) atoms. The fourth-order valence-corrected chi connectivity index (χ4v) is 2.73. The third-order valence-electron chi connectivity index (χ3n) is 3.98. The lowest BCUT2D eigenvalue weighted by Crippen LogP contribution is -2.51. The van der Waals surface area contributed by atoms with E-state index in [2.05, 4.69) is 35.9 Å². The van der Waals surface area contributed by atoms with Gasteiger partial charge in [0.15, 0.2) is 0 Å². The highest BCUT2D eigenvalue weighted by atomic mass is 16.3. The smallest absolute Gasteiger partial charge is 0.0781 e. The number of nitrogens with zero attached hydrogens (tertiary/aromatic N) is 2. The van der Waals surface area contributed by atoms with Crippen LogP contribution in [0.4, 0.5) is 5.69 Å². The standard InChI is InChI=1S/C15H24N2O/c1-4-13-11-17(10-9-16(13)3)15-8-6-5-7-14(15)12(2)18/h5-8,12-13,18H,4,9-11H2,1-3H3/t12-,13?/m0/s1. The summed E-state index contributed by atoms with van der Waals surface area (Å²) >= 11 is 0. The molecule has 2 rings (SSSR count). The van der Waals surface area contributed by atoms with Crippen LogP contribution in [0.15, 0.2) is 24.3 Å². The lowest BCUT2D eigenvalue weighted by Gasteiger charge is -2.41. The molecule has 0 bridgehead atoms. The molecule has 1 saturated heterocycles. The molecule has 1 unspecified atom stereocenters. The third-order valence-corrected chi connectivity index (χ3v) is 3.98. The lowest BCUT2D eigenvalue weighted by atomic mass is 10.0. The monoisotopic (exact) mass is 248 g/mol. The molecule has 0 saturated carbocycles. The molecule has 100 valence electrons. The maximum atomic E-state index is 9.87. The van der Waals surface area contributed by atoms with Crippen LogP contribution in [0.25, 0.3) is 0 Å². The Morgan fingerprint density at radius 2 is 2.06 bits per heavy atom. The van der Waals surface area contributed by atoms with Crippen molar-refractivity contribution >= 4 is 5.69 Å². The Morgan fingerprint density at radius 1 is 1.33 bits per heavy atom. The molecule has 2 atom stereocenters. The average Bonchev–Trinajstić information content (AvgIpc) is 2.39. The summed E-state index contributed by atoms with van der Waals surface area (Å²) in [7, 11) is 2.20. The molecule has 1 heterocycles. The van der Waals surface area contributed by atoms with Crippen molar-refractivity contribution in [2.45, 2.75) is 32.4 Å². The molecule has 1 aliphatic heterocycles. The number of aliphatic hydroxyl groups excluding tert-OH is 1. The third kappa shape index (κ3) is 2.68. The van der Waals surface area contributed by atoms with Gasteiger partial charge in [-0.25, -0.2) is 0 Å². The summed E-state index contributed by atoms with van der Waals surface area (Å²) < 4.78 is 0. The minimum absolute atomic E-state index is 0.402. The van der Waals surface area contributed by atoms with E-state index >= 15 is 0 Å². The average molecular weight is 248 g/mol. The summed E-state index contributed by atoms with van der Waals surface area (Å²) in [4.78, 5) is 4.84. The number of rotatable bonds is 3. The first kappa shape index (κ1) is 13.4. The number of benzene rings is 1. The van der Waals surface area contributed by atoms with Crippen LogP contribution < -0.4 is 4.90 Å². The van der Waals surface area contributed by atoms with Gasteiger partial charge in [0.05, 0.1) is 6.10 Å². The molecule has 0 aromatic heterocycles. The molecule has 1 fully saturated rings. The van der Waals surface area contributed by atoms with Gasteiger partial charge in [0.1, 0.15) is 0 Å². The summed E-state index contributed by atoms with van der Waals surface area (Å²) in [6.07, 6.45) is 0.769. The van der Waals surface area contributed by atoms with Crippen LogP contribution in [-0.4, -0.2) is 42.7 Å². The minimum Gasteiger partial charge on any atom is -0.389 e. The normalized spacial score (nSPS) is 23.1. The van der Waals surface area contributed by atoms with E-state index in [-0.39, 0.29) is 0 Å². The summed E-state index contributed by atoms with van der Waals surface area (Å²) in [5, 5.41) is 9.87. The molecule has 1 N–H and O–H groups in total. The zero-order chi connectivity index (χ0) is 13.1. The van der Waals surface area contributed by atoms with Crippen LogP contribution in [0.3, 0.4) is 0 Å². The second-order valence-corrected chi connectivity index (χ2v) is 5.22. The number of likely N-dealkylation sites (N-methyl/N-ethyl adjacent to an activating group) is 1. The summed E-state index contributed by atoms with van der Waals surface area (Å²) in [6, 6.07) is 8.82. The number of aliphatic hydroxyl groups is 1. The van der Waals surface area contributed by atoms with Crippen molar-refractivity contribution in [2.75, 3.05) is 31.6 Å². The Morgan fingerprint density at radius 3 is 2.72 bits per heavy atom. The van der Waals surface area contributed by atoms with E-state index in [1.807, 2.05) is 19.1 Å². The van der Waals surface area contributed by atoms with Gasteiger partial charge in [-0.2, -0.15) is 0 Å². The van der Waals surface area contributed by atoms with Crippen molar-refractivity contribution in [1.29, 1.82) is 0 Å². The number of anilines is 1. The molecule has 3 heteroatoms. The van der Waals surface area contributed by atoms with Gasteiger partial charge in [-0.1, -0.05) is 25.1 Å². The Labute approximate surface area is 110 Å². The predicted molar refractivity (Wildman–Crippen MR) is 76.0 cm³/mol. The van der Waals surface area contributed by atoms with Gasteiger partial charge < -0.3 is 10.0 Å². The summed E-state index contributed by atoms with van der Waals surface area (Å²) in [5.74, 6) is 0. The maximum absolute atomic E-state index is 9.87. The van der Waals surface area contributed by atoms with Crippen molar-refractivity contribution < 1.29 is 5.11 Å². The van der Waals surface area contributed by atoms with Crippen LogP contribution in [0.2, 0.25) is 0 Å². The van der Waals surface area contributed by atoms with Crippen molar-refractivity contribution in [2.24, 2.45) is 0 Å². The Bertz CT molecular complexity index is 392. The van der Waals surface area contributed by atoms with Crippen LogP contribution in [0, 0.1) is 0 Å². The zero-order valence-corrected chi connectivity index (χ0v) is 11.6. The van der Waals surface area contributed by atoms with Gasteiger partial charge in [-0.05, 0) is 26.5 Å². The second-order valence-electron chi connectivity index (χ2n) is 5.22. The summed E-state index contributed by atoms with van der Waals surface area (Å²) in [6.45, 7) is 7.26. The molecular weight excluding hydrogens is 224 g/mol. The van der Waals surface area contributed by atoms with Crippen molar-refractivity contribution in [3.05, 3.63) is 29.8 Å². The van der Waals surface area contributed by atoms with E-state index in [4.69, 9.17) is 0 Å². The van der Waals surface area contributed by atoms with E-state index in [1.54, 1.807) is 0 Å². The van der Waals surface area contributed by atoms with E-state index < -0.39 is 6.10 Å². The number of hydrogen-bond donors (Lipinski definition) is 1. The van der Waals surface area contributed by atoms with Gasteiger partial charge in [-0.3, -0.25) is 4.90 Å². The van der Waals surface area contributed by atoms with E-state index in [1.165, 1.54) is 12.1 Å². The first-order valence-corrected chi connectivity index (χ1v) is 6.85. The molecule has 1 aromatic rings. The molecule has 1 aromatic carbocycles. The molecule has 3 nitrogen and oxygen atoms in total. The van der Waals surface area contributed by atoms with Crippen molar-refractivity contribution in [1.82, 2.24) is 4.90 Å². The van der Waals surface area contributed by atoms with Crippen LogP contribution in [0.1, 0.15) is 31.9 Å². The summed E-state index contributed by atoms with van der Waals surface area (Å²) in [5.41, 5.74) is 2.23. The zero-order valence-electron chi connectivity index (χ0n) is 11.6. The highest BCUT2D eigenvalue weighted by Gasteiger charge is 2.24. The fourth-order valence-electron chi connectivity index (χ4n) is 2.73. The SMILES string of the molecule is CCC1CN(c2ccccc2[C@H](C)O)CCN1C. The van der Waals surface area contributed by atoms with Gasteiger partial charge >= 0.3 is 0 Å². The molecule has 0 radical (unpaired) electrons. The van der Waals surface area contributed by atoms with Gasteiger partial charge in [0, 0.05) is 36.9 Å². The highest BCUT2D eigenvalue weighted by molar-refractivity contribution is 5.55. The number of hydrogen-bond acceptors (Lipinski definition) is 3. The largest absolute Gasteiger partial charge is 0.389 e. The predicted octanol–water partition coefficient (Wildman–Crippen LogP) is 2.27. The topological polar surface area (TPSA) is 26.7 Å². The van der Waals surface area contributed by atoms with Crippen molar-refractivity contribution in [3.63, 3.8) is 0 Å². The van der Waals surface area contributed by atoms with Gasteiger partial charge in [-0.15, -0.1) is 0 Å². The Kier molecular flexibility index (Phi) is 4.25. The van der Waals surface area contributed by atoms with Gasteiger partial charge in [0.25, 0.3) is 0 Å². The van der Waals surface area contributed by atoms with E-state index in [0.717, 1.165) is 25.2 Å². The van der Waals surface area contributed by atoms with Crippen LogP contribution in [-0.2, 0) is 0 Å². The second kappa shape index (κ2) is 5.72. The minimum atomic E-state index is -0.402. The van der Waals surface area contributed by atoms with Gasteiger partial charge in [0.2, 0.25) is 0 Å². The Hall–Kier alpha value is -1.06. The fraction of sp³-hybridized carbons (Fsp3) is 0.600. The maximum Gasteiger partial charge on any atom is 0.0781 e. The highest BCUT2D eigenvalue weighted by Crippen LogP contribution is 2.28. The molecule has 0 spiro atoms. The van der Waals surface area contributed by atoms with Crippen LogP contribution in [0.5, 0.6) is 0 Å². The first-order chi connectivity index (χ1) is 8.63. The molecule has 0 amide bonds. The van der Waals surface area contributed by atoms with Crippen LogP contribution >= 0.6 is 0 Å². The quantitative estimate of drug-likeness (QED) is 0.889. The molecule has 0 aliphatic carbocycles.